The van der Waals surface area contributed by atoms with Crippen LogP contribution in [0.2, 0.25) is 0 Å². The number of epoxide rings is 1. The highest BCUT2D eigenvalue weighted by atomic mass is 16.7. The molecule has 13 nitrogen and oxygen atoms in total. The second kappa shape index (κ2) is 11.9. The monoisotopic (exact) mass is 741 g/mol. The molecule has 8 heterocycles. The number of allylic oxidation sites excluding steroid dienone is 2. The first-order chi connectivity index (χ1) is 26.4. The molecule has 1 aromatic carbocycles. The average molecular weight is 742 g/mol. The van der Waals surface area contributed by atoms with Crippen molar-refractivity contribution in [3.05, 3.63) is 105 Å². The topological polar surface area (TPSA) is 193 Å². The Morgan fingerprint density at radius 1 is 1.04 bits per heavy atom. The number of phenols is 1. The molecule has 4 aromatic rings. The van der Waals surface area contributed by atoms with E-state index in [0.717, 1.165) is 34.7 Å². The normalized spacial score (nSPS) is 29.2. The summed E-state index contributed by atoms with van der Waals surface area (Å²) in [5.74, 6) is 0.190. The molecule has 55 heavy (non-hydrogen) atoms. The van der Waals surface area contributed by atoms with Crippen molar-refractivity contribution in [2.75, 3.05) is 18.0 Å². The Balaban J connectivity index is 0.891. The van der Waals surface area contributed by atoms with Gasteiger partial charge in [-0.1, -0.05) is 12.2 Å². The van der Waals surface area contributed by atoms with E-state index in [0.29, 0.717) is 60.2 Å². The number of carbonyl (C=O) groups excluding carboxylic acids is 1. The maximum Gasteiger partial charge on any atom is 0.342 e. The summed E-state index contributed by atoms with van der Waals surface area (Å²) in [5, 5.41) is 11.7. The highest BCUT2D eigenvalue weighted by Crippen LogP contribution is 2.60. The lowest BCUT2D eigenvalue weighted by molar-refractivity contribution is -0.848. The molecule has 6 aliphatic rings. The number of nitrogens with one attached hydrogen (secondary N) is 1. The van der Waals surface area contributed by atoms with Gasteiger partial charge in [0.2, 0.25) is 0 Å². The van der Waals surface area contributed by atoms with E-state index in [1.165, 1.54) is 11.0 Å². The van der Waals surface area contributed by atoms with Crippen LogP contribution in [-0.4, -0.2) is 56.7 Å². The number of fused-ring (bicyclic) bond motifs is 9. The fourth-order valence-electron chi connectivity index (χ4n) is 9.59. The van der Waals surface area contributed by atoms with Gasteiger partial charge in [0.25, 0.3) is 0 Å². The lowest BCUT2D eigenvalue weighted by Gasteiger charge is -2.47. The molecule has 0 radical (unpaired) electrons. The molecule has 0 saturated carbocycles. The van der Waals surface area contributed by atoms with Gasteiger partial charge in [-0.05, 0) is 81.9 Å². The van der Waals surface area contributed by atoms with Gasteiger partial charge in [-0.2, -0.15) is 0 Å². The molecule has 2 saturated heterocycles. The zero-order chi connectivity index (χ0) is 38.0. The van der Waals surface area contributed by atoms with E-state index in [2.05, 4.69) is 33.3 Å². The Hall–Kier alpha value is -5.79. The third-order valence-electron chi connectivity index (χ3n) is 12.0. The van der Waals surface area contributed by atoms with Crippen molar-refractivity contribution < 1.29 is 33.4 Å². The standard InChI is InChI=1S/C42H40N6O7/c1-20-10-29(49)36-30(52-20)16-31-37(38(36)50)35-22-5-6-25(13-22)42(40(51)53-39(35)41(2,3)54-31)32(55-42)7-4-21-11-27(47-33(43)12-21)24-14-26(46-34(44)15-24)18-48-17-23-8-9-45-28(23)19-48/h5-6,8-12,14-17,22,25,32,35,39,50H,4,7,13,18-19H2,1-3H3,(H2,43,47)(H2,44,46)/p+1/t22-,25-,32-,35+,39-,42-/m1/s1. The van der Waals surface area contributed by atoms with Gasteiger partial charge in [0.15, 0.2) is 11.0 Å². The summed E-state index contributed by atoms with van der Waals surface area (Å²) in [7, 11) is 0. The summed E-state index contributed by atoms with van der Waals surface area (Å²) in [6, 6.07) is 10.7. The third kappa shape index (κ3) is 5.39. The second-order valence-electron chi connectivity index (χ2n) is 16.2. The molecule has 1 aliphatic carbocycles. The Labute approximate surface area is 316 Å². The predicted molar refractivity (Wildman–Crippen MR) is 203 cm³/mol. The predicted octanol–water partition coefficient (Wildman–Crippen LogP) is 3.82. The van der Waals surface area contributed by atoms with Crippen LogP contribution in [0.1, 0.15) is 55.2 Å². The number of ether oxygens (including phenoxy) is 3. The van der Waals surface area contributed by atoms with E-state index in [-0.39, 0.29) is 40.1 Å². The van der Waals surface area contributed by atoms with Crippen LogP contribution in [0.25, 0.3) is 22.2 Å². The maximum atomic E-state index is 14.3. The number of quaternary nitrogens is 1. The lowest BCUT2D eigenvalue weighted by Crippen LogP contribution is -3.05. The molecule has 1 unspecified atom stereocenters. The fraction of sp³-hybridized carbons (Fsp3) is 0.357. The van der Waals surface area contributed by atoms with Crippen LogP contribution in [0.4, 0.5) is 11.6 Å². The molecule has 3 aromatic heterocycles. The highest BCUT2D eigenvalue weighted by Gasteiger charge is 2.70. The largest absolute Gasteiger partial charge is 0.507 e. The molecule has 2 fully saturated rings. The Kier molecular flexibility index (Phi) is 7.27. The number of aromatic hydroxyl groups is 1. The Morgan fingerprint density at radius 2 is 1.87 bits per heavy atom. The number of nitrogens with two attached hydrogens (primary N) is 2. The number of hydrogen-bond acceptors (Lipinski definition) is 12. The zero-order valence-electron chi connectivity index (χ0n) is 30.7. The van der Waals surface area contributed by atoms with Crippen molar-refractivity contribution in [2.45, 2.75) is 75.9 Å². The molecular formula is C42H41N6O7+. The van der Waals surface area contributed by atoms with Crippen molar-refractivity contribution >= 4 is 34.3 Å². The molecule has 7 atom stereocenters. The van der Waals surface area contributed by atoms with E-state index in [1.54, 1.807) is 19.1 Å². The number of rotatable bonds is 6. The molecular weight excluding hydrogens is 700 g/mol. The number of nitrogens with zero attached hydrogens (tertiary/aromatic N) is 3. The number of esters is 1. The molecule has 6 N–H and O–H groups in total. The van der Waals surface area contributed by atoms with Crippen LogP contribution in [-0.2, 0) is 27.2 Å². The first kappa shape index (κ1) is 33.8. The summed E-state index contributed by atoms with van der Waals surface area (Å²) in [6.45, 7) is 6.88. The summed E-state index contributed by atoms with van der Waals surface area (Å²) >= 11 is 0. The summed E-state index contributed by atoms with van der Waals surface area (Å²) < 4.78 is 25.0. The quantitative estimate of drug-likeness (QED) is 0.128. The van der Waals surface area contributed by atoms with Crippen molar-refractivity contribution in [2.24, 2.45) is 16.8 Å². The summed E-state index contributed by atoms with van der Waals surface area (Å²) in [5.41, 5.74) is 16.4. The maximum absolute atomic E-state index is 14.3. The number of nitrogen functional groups attached to an aromatic ring is 2. The molecule has 13 heteroatoms. The third-order valence-corrected chi connectivity index (χ3v) is 12.0. The van der Waals surface area contributed by atoms with Crippen molar-refractivity contribution in [3.8, 4) is 22.8 Å². The van der Waals surface area contributed by atoms with Gasteiger partial charge in [-0.15, -0.1) is 0 Å². The van der Waals surface area contributed by atoms with Crippen LogP contribution in [0.5, 0.6) is 11.5 Å². The molecule has 5 aliphatic heterocycles. The van der Waals surface area contributed by atoms with Crippen LogP contribution < -0.4 is 26.5 Å². The van der Waals surface area contributed by atoms with E-state index in [1.807, 2.05) is 44.3 Å². The fourth-order valence-corrected chi connectivity index (χ4v) is 9.59. The molecule has 0 amide bonds. The average Bonchev–Trinajstić information content (AvgIpc) is 3.41. The van der Waals surface area contributed by atoms with Gasteiger partial charge in [0.05, 0.1) is 23.1 Å². The minimum Gasteiger partial charge on any atom is -0.507 e. The minimum atomic E-state index is -1.14. The number of benzene rings is 1. The van der Waals surface area contributed by atoms with Gasteiger partial charge < -0.3 is 35.2 Å². The number of pyridine rings is 2. The van der Waals surface area contributed by atoms with Gasteiger partial charge in [0.1, 0.15) is 76.6 Å². The number of aromatic nitrogens is 2. The molecule has 2 bridgehead atoms. The van der Waals surface area contributed by atoms with E-state index < -0.39 is 29.2 Å². The van der Waals surface area contributed by atoms with Crippen LogP contribution in [0.3, 0.4) is 0 Å². The number of carbonyl (C=O) groups is 1. The highest BCUT2D eigenvalue weighted by molar-refractivity contribution is 6.06. The Morgan fingerprint density at radius 3 is 2.71 bits per heavy atom. The lowest BCUT2D eigenvalue weighted by atomic mass is 9.71. The van der Waals surface area contributed by atoms with Gasteiger partial charge in [0, 0.05) is 41.3 Å². The van der Waals surface area contributed by atoms with E-state index >= 15 is 0 Å². The van der Waals surface area contributed by atoms with Crippen LogP contribution in [0, 0.1) is 18.8 Å². The van der Waals surface area contributed by atoms with E-state index in [4.69, 9.17) is 30.1 Å². The molecule has 1 spiro atoms. The number of anilines is 2. The smallest absolute Gasteiger partial charge is 0.342 e. The van der Waals surface area contributed by atoms with Crippen LogP contribution in [0.15, 0.2) is 86.8 Å². The van der Waals surface area contributed by atoms with Gasteiger partial charge in [-0.25, -0.2) is 14.8 Å². The SMILES string of the molecule is Cc1cc(=O)c2c(O)c3c(cc2o1)OC(C)(C)[C@@H]1OC(=O)[C@@]2(O[C@@H]2CCc2cc(N)nc(-c4cc(N)nc(C[NH+]5C=C6C=CN=C6C5)c4)c2)[C@@H]2C=C[C@H](C2)[C@@H]31. The van der Waals surface area contributed by atoms with Crippen molar-refractivity contribution in [1.29, 1.82) is 0 Å². The number of hydrogen-bond donors (Lipinski definition) is 4. The summed E-state index contributed by atoms with van der Waals surface area (Å²) in [6.07, 6.45) is 10.8. The number of phenolic OH excluding ortho intramolecular Hbond substituents is 1. The number of aryl methyl sites for hydroxylation is 2. The zero-order valence-corrected chi connectivity index (χ0v) is 30.7. The van der Waals surface area contributed by atoms with Gasteiger partial charge in [-0.3, -0.25) is 14.7 Å². The first-order valence-electron chi connectivity index (χ1n) is 18.8. The summed E-state index contributed by atoms with van der Waals surface area (Å²) in [4.78, 5) is 42.3. The Bertz CT molecular complexity index is 2540. The number of aliphatic imine (C=N–C) groups is 1. The van der Waals surface area contributed by atoms with Crippen molar-refractivity contribution in [3.63, 3.8) is 0 Å². The minimum absolute atomic E-state index is 0.0876. The first-order valence-corrected chi connectivity index (χ1v) is 18.8. The van der Waals surface area contributed by atoms with Gasteiger partial charge >= 0.3 is 5.97 Å². The molecule has 10 rings (SSSR count). The van der Waals surface area contributed by atoms with Crippen LogP contribution >= 0.6 is 0 Å². The van der Waals surface area contributed by atoms with Crippen molar-refractivity contribution in [1.82, 2.24) is 9.97 Å². The van der Waals surface area contributed by atoms with E-state index in [9.17, 15) is 14.7 Å². The second-order valence-corrected chi connectivity index (χ2v) is 16.2. The molecule has 280 valence electrons.